The molecule has 2 heterocycles. The molecule has 6 heteroatoms. The average molecular weight is 283 g/mol. The van der Waals surface area contributed by atoms with Crippen LogP contribution in [0.3, 0.4) is 0 Å². The Hall–Kier alpha value is -0.980. The van der Waals surface area contributed by atoms with Crippen LogP contribution in [0.15, 0.2) is 11.6 Å². The molecule has 1 unspecified atom stereocenters. The molecule has 1 fully saturated rings. The van der Waals surface area contributed by atoms with Crippen molar-refractivity contribution in [2.75, 3.05) is 31.6 Å². The van der Waals surface area contributed by atoms with Gasteiger partial charge in [-0.25, -0.2) is 4.98 Å². The van der Waals surface area contributed by atoms with Crippen LogP contribution in [0.5, 0.6) is 0 Å². The second-order valence-corrected chi connectivity index (χ2v) is 5.77. The van der Waals surface area contributed by atoms with Crippen molar-refractivity contribution in [1.29, 1.82) is 0 Å². The number of hydrogen-bond donors (Lipinski definition) is 1. The van der Waals surface area contributed by atoms with Crippen molar-refractivity contribution in [2.45, 2.75) is 31.7 Å². The lowest BCUT2D eigenvalue weighted by atomic mass is 10.1. The molecule has 0 spiro atoms. The van der Waals surface area contributed by atoms with Crippen LogP contribution in [0.2, 0.25) is 0 Å². The Labute approximate surface area is 117 Å². The van der Waals surface area contributed by atoms with E-state index in [0.29, 0.717) is 12.6 Å². The summed E-state index contributed by atoms with van der Waals surface area (Å²) in [5, 5.41) is 11.5. The van der Waals surface area contributed by atoms with Gasteiger partial charge in [-0.1, -0.05) is 0 Å². The highest BCUT2D eigenvalue weighted by Gasteiger charge is 2.27. The first-order valence-corrected chi connectivity index (χ1v) is 7.61. The van der Waals surface area contributed by atoms with E-state index in [2.05, 4.69) is 9.88 Å². The molecule has 0 aliphatic carbocycles. The Kier molecular flexibility index (Phi) is 5.30. The number of carbonyl (C=O) groups excluding carboxylic acids is 1. The third kappa shape index (κ3) is 3.75. The van der Waals surface area contributed by atoms with E-state index in [0.717, 1.165) is 37.4 Å². The summed E-state index contributed by atoms with van der Waals surface area (Å²) in [4.78, 5) is 20.2. The summed E-state index contributed by atoms with van der Waals surface area (Å²) in [7, 11) is 1.78. The number of likely N-dealkylation sites (N-methyl/N-ethyl adjacent to an activating group) is 1. The fraction of sp³-hybridized carbons (Fsp3) is 0.692. The molecule has 0 bridgehead atoms. The van der Waals surface area contributed by atoms with Crippen molar-refractivity contribution in [3.8, 4) is 0 Å². The van der Waals surface area contributed by atoms with Crippen LogP contribution in [0, 0.1) is 0 Å². The lowest BCUT2D eigenvalue weighted by Crippen LogP contribution is -2.40. The zero-order chi connectivity index (χ0) is 13.7. The van der Waals surface area contributed by atoms with Gasteiger partial charge in [-0.2, -0.15) is 0 Å². The number of carbonyl (C=O) groups is 1. The Morgan fingerprint density at radius 3 is 3.21 bits per heavy atom. The quantitative estimate of drug-likeness (QED) is 0.856. The van der Waals surface area contributed by atoms with Crippen molar-refractivity contribution < 1.29 is 9.90 Å². The summed E-state index contributed by atoms with van der Waals surface area (Å²) in [6, 6.07) is 0.445. The van der Waals surface area contributed by atoms with Crippen LogP contribution in [0.4, 0.5) is 5.13 Å². The lowest BCUT2D eigenvalue weighted by molar-refractivity contribution is -0.119. The van der Waals surface area contributed by atoms with Gasteiger partial charge < -0.3 is 5.11 Å². The van der Waals surface area contributed by atoms with E-state index in [9.17, 15) is 4.79 Å². The molecule has 106 valence electrons. The van der Waals surface area contributed by atoms with E-state index in [-0.39, 0.29) is 12.5 Å². The van der Waals surface area contributed by atoms with Crippen molar-refractivity contribution in [2.24, 2.45) is 0 Å². The average Bonchev–Trinajstić information content (AvgIpc) is 3.07. The first-order valence-electron chi connectivity index (χ1n) is 6.73. The number of thiazole rings is 1. The van der Waals surface area contributed by atoms with Crippen molar-refractivity contribution in [1.82, 2.24) is 9.88 Å². The van der Waals surface area contributed by atoms with Crippen LogP contribution in [-0.4, -0.2) is 53.7 Å². The lowest BCUT2D eigenvalue weighted by Gasteiger charge is -2.25. The molecular weight excluding hydrogens is 262 g/mol. The van der Waals surface area contributed by atoms with Crippen LogP contribution < -0.4 is 4.90 Å². The first kappa shape index (κ1) is 14.4. The molecule has 1 aliphatic rings. The highest BCUT2D eigenvalue weighted by Crippen LogP contribution is 2.22. The van der Waals surface area contributed by atoms with Gasteiger partial charge in [0.2, 0.25) is 5.91 Å². The maximum absolute atomic E-state index is 12.2. The molecule has 1 amide bonds. The minimum Gasteiger partial charge on any atom is -0.396 e. The Morgan fingerprint density at radius 2 is 2.53 bits per heavy atom. The Morgan fingerprint density at radius 1 is 1.68 bits per heavy atom. The normalized spacial score (nSPS) is 19.8. The predicted molar refractivity (Wildman–Crippen MR) is 76.4 cm³/mol. The molecular formula is C13H21N3O2S. The number of likely N-dealkylation sites (tertiary alicyclic amines) is 1. The van der Waals surface area contributed by atoms with Crippen molar-refractivity contribution in [3.05, 3.63) is 11.6 Å². The highest BCUT2D eigenvalue weighted by molar-refractivity contribution is 7.13. The standard InChI is InChI=1S/C13H21N3O2S/c1-15(13-14-6-9-19-13)12(18)10-16-7-2-4-11(16)5-3-8-17/h6,9,11,17H,2-5,7-8,10H2,1H3. The van der Waals surface area contributed by atoms with Gasteiger partial charge in [-0.3, -0.25) is 14.6 Å². The molecule has 0 saturated carbocycles. The molecule has 1 N–H and O–H groups in total. The van der Waals surface area contributed by atoms with Gasteiger partial charge in [-0.15, -0.1) is 11.3 Å². The van der Waals surface area contributed by atoms with Gasteiger partial charge in [0.1, 0.15) is 0 Å². The third-order valence-corrected chi connectivity index (χ3v) is 4.46. The van der Waals surface area contributed by atoms with Crippen LogP contribution >= 0.6 is 11.3 Å². The van der Waals surface area contributed by atoms with E-state index < -0.39 is 0 Å². The molecule has 2 rings (SSSR count). The van der Waals surface area contributed by atoms with Crippen LogP contribution in [0.25, 0.3) is 0 Å². The van der Waals surface area contributed by atoms with Gasteiger partial charge >= 0.3 is 0 Å². The van der Waals surface area contributed by atoms with Gasteiger partial charge in [0.25, 0.3) is 0 Å². The van der Waals surface area contributed by atoms with E-state index in [4.69, 9.17) is 5.11 Å². The topological polar surface area (TPSA) is 56.7 Å². The van der Waals surface area contributed by atoms with Gasteiger partial charge in [0.15, 0.2) is 5.13 Å². The summed E-state index contributed by atoms with van der Waals surface area (Å²) in [5.41, 5.74) is 0. The summed E-state index contributed by atoms with van der Waals surface area (Å²) in [6.45, 7) is 1.66. The summed E-state index contributed by atoms with van der Waals surface area (Å²) < 4.78 is 0. The second-order valence-electron chi connectivity index (χ2n) is 4.90. The van der Waals surface area contributed by atoms with Gasteiger partial charge in [-0.05, 0) is 32.2 Å². The smallest absolute Gasteiger partial charge is 0.242 e. The molecule has 0 radical (unpaired) electrons. The maximum Gasteiger partial charge on any atom is 0.242 e. The van der Waals surface area contributed by atoms with Crippen LogP contribution in [-0.2, 0) is 4.79 Å². The molecule has 1 aromatic rings. The van der Waals surface area contributed by atoms with Crippen molar-refractivity contribution in [3.63, 3.8) is 0 Å². The molecule has 0 aromatic carbocycles. The molecule has 19 heavy (non-hydrogen) atoms. The zero-order valence-electron chi connectivity index (χ0n) is 11.3. The number of rotatable bonds is 6. The monoisotopic (exact) mass is 283 g/mol. The minimum atomic E-state index is 0.0887. The fourth-order valence-electron chi connectivity index (χ4n) is 2.53. The zero-order valence-corrected chi connectivity index (χ0v) is 12.1. The largest absolute Gasteiger partial charge is 0.396 e. The Balaban J connectivity index is 1.87. The molecule has 1 saturated heterocycles. The number of anilines is 1. The molecule has 5 nitrogen and oxygen atoms in total. The van der Waals surface area contributed by atoms with E-state index in [1.54, 1.807) is 18.1 Å². The number of aliphatic hydroxyl groups is 1. The molecule has 1 aliphatic heterocycles. The minimum absolute atomic E-state index is 0.0887. The van der Waals surface area contributed by atoms with Crippen LogP contribution in [0.1, 0.15) is 25.7 Å². The number of aliphatic hydroxyl groups excluding tert-OH is 1. The molecule has 1 aromatic heterocycles. The number of amides is 1. The Bertz CT molecular complexity index is 397. The summed E-state index contributed by atoms with van der Waals surface area (Å²) in [6.07, 6.45) is 5.78. The number of aromatic nitrogens is 1. The van der Waals surface area contributed by atoms with E-state index in [1.165, 1.54) is 11.3 Å². The number of nitrogens with zero attached hydrogens (tertiary/aromatic N) is 3. The van der Waals surface area contributed by atoms with Crippen molar-refractivity contribution >= 4 is 22.4 Å². The van der Waals surface area contributed by atoms with E-state index in [1.807, 2.05) is 5.38 Å². The summed E-state index contributed by atoms with van der Waals surface area (Å²) >= 11 is 1.47. The second kappa shape index (κ2) is 6.98. The molecule has 1 atom stereocenters. The SMILES string of the molecule is CN(C(=O)CN1CCCC1CCCO)c1nccs1. The van der Waals surface area contributed by atoms with Gasteiger partial charge in [0.05, 0.1) is 6.54 Å². The highest BCUT2D eigenvalue weighted by atomic mass is 32.1. The van der Waals surface area contributed by atoms with Gasteiger partial charge in [0, 0.05) is 31.3 Å². The number of hydrogen-bond acceptors (Lipinski definition) is 5. The summed E-state index contributed by atoms with van der Waals surface area (Å²) in [5.74, 6) is 0.0887. The maximum atomic E-state index is 12.2. The van der Waals surface area contributed by atoms with E-state index >= 15 is 0 Å². The fourth-order valence-corrected chi connectivity index (χ4v) is 3.15. The first-order chi connectivity index (χ1) is 9.22. The third-order valence-electron chi connectivity index (χ3n) is 3.61. The predicted octanol–water partition coefficient (Wildman–Crippen LogP) is 1.34.